The maximum Gasteiger partial charge on any atom is 0.494 e. The first-order valence-corrected chi connectivity index (χ1v) is 6.64. The topological polar surface area (TPSA) is 18.5 Å². The highest BCUT2D eigenvalue weighted by atomic mass is 16.7. The molecule has 0 amide bonds. The summed E-state index contributed by atoms with van der Waals surface area (Å²) in [5.41, 5.74) is 4.02. The Kier molecular flexibility index (Phi) is 2.42. The molecule has 0 bridgehead atoms. The van der Waals surface area contributed by atoms with Crippen LogP contribution in [0, 0.1) is 0 Å². The third kappa shape index (κ3) is 1.66. The van der Waals surface area contributed by atoms with Crippen LogP contribution in [0.4, 0.5) is 0 Å². The predicted molar refractivity (Wildman–Crippen MR) is 71.2 cm³/mol. The standard InChI is InChI=1S/C15H15BO2/c1-2-6-12-10-15-14(9-11(12)5-1)17-16(18-15)13-7-3-4-8-13/h1-3,5-8,14-15H,4,9-10H2/t14-,15-/m0/s1. The summed E-state index contributed by atoms with van der Waals surface area (Å²) in [6.07, 6.45) is 9.87. The van der Waals surface area contributed by atoms with Gasteiger partial charge in [-0.2, -0.15) is 0 Å². The fourth-order valence-electron chi connectivity index (χ4n) is 3.08. The van der Waals surface area contributed by atoms with Gasteiger partial charge in [-0.3, -0.25) is 0 Å². The Labute approximate surface area is 107 Å². The van der Waals surface area contributed by atoms with Gasteiger partial charge in [-0.1, -0.05) is 42.5 Å². The molecule has 90 valence electrons. The van der Waals surface area contributed by atoms with Crippen LogP contribution in [0.3, 0.4) is 0 Å². The first kappa shape index (κ1) is 10.6. The second kappa shape index (κ2) is 4.11. The van der Waals surface area contributed by atoms with Gasteiger partial charge in [0.1, 0.15) is 0 Å². The highest BCUT2D eigenvalue weighted by Gasteiger charge is 2.43. The zero-order chi connectivity index (χ0) is 11.9. The Balaban J connectivity index is 1.57. The van der Waals surface area contributed by atoms with Gasteiger partial charge >= 0.3 is 7.12 Å². The van der Waals surface area contributed by atoms with Gasteiger partial charge in [-0.15, -0.1) is 0 Å². The van der Waals surface area contributed by atoms with E-state index in [1.807, 2.05) is 0 Å². The molecule has 18 heavy (non-hydrogen) atoms. The van der Waals surface area contributed by atoms with Gasteiger partial charge in [0.05, 0.1) is 12.2 Å². The Hall–Kier alpha value is -1.32. The molecule has 3 aliphatic rings. The minimum atomic E-state index is -0.145. The van der Waals surface area contributed by atoms with Gasteiger partial charge in [-0.25, -0.2) is 0 Å². The van der Waals surface area contributed by atoms with Crippen molar-refractivity contribution in [2.24, 2.45) is 0 Å². The van der Waals surface area contributed by atoms with Gasteiger partial charge in [0.15, 0.2) is 0 Å². The fraction of sp³-hybridized carbons (Fsp3) is 0.333. The van der Waals surface area contributed by atoms with E-state index in [9.17, 15) is 0 Å². The second-order valence-corrected chi connectivity index (χ2v) is 5.20. The van der Waals surface area contributed by atoms with Crippen molar-refractivity contribution in [2.75, 3.05) is 0 Å². The Morgan fingerprint density at radius 1 is 1.00 bits per heavy atom. The normalized spacial score (nSPS) is 29.1. The fourth-order valence-corrected chi connectivity index (χ4v) is 3.08. The minimum Gasteiger partial charge on any atom is -0.401 e. The maximum atomic E-state index is 6.06. The molecule has 1 saturated heterocycles. The molecule has 2 aliphatic carbocycles. The summed E-state index contributed by atoms with van der Waals surface area (Å²) in [6.45, 7) is 0. The smallest absolute Gasteiger partial charge is 0.401 e. The highest BCUT2D eigenvalue weighted by molar-refractivity contribution is 6.55. The molecule has 0 radical (unpaired) electrons. The Morgan fingerprint density at radius 3 is 2.22 bits per heavy atom. The minimum absolute atomic E-state index is 0.145. The zero-order valence-electron chi connectivity index (χ0n) is 10.2. The molecule has 1 fully saturated rings. The van der Waals surface area contributed by atoms with E-state index in [-0.39, 0.29) is 19.3 Å². The zero-order valence-corrected chi connectivity index (χ0v) is 10.2. The molecular formula is C15H15BO2. The summed E-state index contributed by atoms with van der Waals surface area (Å²) in [7, 11) is -0.145. The summed E-state index contributed by atoms with van der Waals surface area (Å²) in [5.74, 6) is 0. The molecule has 0 aromatic heterocycles. The molecule has 2 nitrogen and oxygen atoms in total. The number of allylic oxidation sites excluding steroid dienone is 4. The number of rotatable bonds is 1. The van der Waals surface area contributed by atoms with E-state index in [0.29, 0.717) is 0 Å². The number of benzene rings is 1. The lowest BCUT2D eigenvalue weighted by Gasteiger charge is -2.26. The molecule has 0 saturated carbocycles. The van der Waals surface area contributed by atoms with Crippen LogP contribution in [0.1, 0.15) is 17.5 Å². The highest BCUT2D eigenvalue weighted by Crippen LogP contribution is 2.33. The lowest BCUT2D eigenvalue weighted by atomic mass is 9.79. The molecule has 1 heterocycles. The molecule has 3 heteroatoms. The van der Waals surface area contributed by atoms with Crippen molar-refractivity contribution in [2.45, 2.75) is 31.5 Å². The van der Waals surface area contributed by atoms with Crippen molar-refractivity contribution in [3.8, 4) is 0 Å². The van der Waals surface area contributed by atoms with Gasteiger partial charge < -0.3 is 9.31 Å². The monoisotopic (exact) mass is 238 g/mol. The molecule has 1 aromatic carbocycles. The Bertz CT molecular complexity index is 502. The van der Waals surface area contributed by atoms with E-state index in [2.05, 4.69) is 42.5 Å². The van der Waals surface area contributed by atoms with E-state index < -0.39 is 0 Å². The molecule has 2 atom stereocenters. The second-order valence-electron chi connectivity index (χ2n) is 5.20. The van der Waals surface area contributed by atoms with Crippen LogP contribution < -0.4 is 0 Å². The van der Waals surface area contributed by atoms with Crippen molar-refractivity contribution in [1.29, 1.82) is 0 Å². The average Bonchev–Trinajstić information content (AvgIpc) is 3.04. The SMILES string of the molecule is C1=CC(B2O[C@H]3Cc4ccccc4C[C@@H]3O2)=CC1. The van der Waals surface area contributed by atoms with Crippen molar-refractivity contribution in [3.05, 3.63) is 59.1 Å². The van der Waals surface area contributed by atoms with Gasteiger partial charge in [0.25, 0.3) is 0 Å². The van der Waals surface area contributed by atoms with Crippen LogP contribution in [0.15, 0.2) is 48.0 Å². The molecule has 0 unspecified atom stereocenters. The maximum absolute atomic E-state index is 6.06. The third-order valence-electron chi connectivity index (χ3n) is 4.04. The van der Waals surface area contributed by atoms with Crippen molar-refractivity contribution in [1.82, 2.24) is 0 Å². The third-order valence-corrected chi connectivity index (χ3v) is 4.04. The lowest BCUT2D eigenvalue weighted by Crippen LogP contribution is -2.31. The van der Waals surface area contributed by atoms with Crippen LogP contribution in [0.2, 0.25) is 0 Å². The van der Waals surface area contributed by atoms with E-state index in [1.54, 1.807) is 0 Å². The average molecular weight is 238 g/mol. The van der Waals surface area contributed by atoms with Gasteiger partial charge in [-0.05, 0) is 35.9 Å². The van der Waals surface area contributed by atoms with E-state index in [1.165, 1.54) is 16.6 Å². The van der Waals surface area contributed by atoms with E-state index in [4.69, 9.17) is 9.31 Å². The largest absolute Gasteiger partial charge is 0.494 e. The summed E-state index contributed by atoms with van der Waals surface area (Å²) in [6, 6.07) is 8.62. The molecular weight excluding hydrogens is 223 g/mol. The summed E-state index contributed by atoms with van der Waals surface area (Å²) < 4.78 is 12.1. The van der Waals surface area contributed by atoms with E-state index >= 15 is 0 Å². The molecule has 4 rings (SSSR count). The number of hydrogen-bond acceptors (Lipinski definition) is 2. The molecule has 1 aromatic rings. The van der Waals surface area contributed by atoms with Crippen LogP contribution in [0.25, 0.3) is 0 Å². The first-order chi connectivity index (χ1) is 8.90. The summed E-state index contributed by atoms with van der Waals surface area (Å²) in [5, 5.41) is 0. The van der Waals surface area contributed by atoms with Crippen molar-refractivity contribution in [3.63, 3.8) is 0 Å². The van der Waals surface area contributed by atoms with Crippen LogP contribution in [0.5, 0.6) is 0 Å². The van der Waals surface area contributed by atoms with Crippen molar-refractivity contribution >= 4 is 7.12 Å². The summed E-state index contributed by atoms with van der Waals surface area (Å²) in [4.78, 5) is 0. The molecule has 0 N–H and O–H groups in total. The van der Waals surface area contributed by atoms with Crippen molar-refractivity contribution < 1.29 is 9.31 Å². The Morgan fingerprint density at radius 2 is 1.67 bits per heavy atom. The van der Waals surface area contributed by atoms with Crippen LogP contribution in [-0.4, -0.2) is 19.3 Å². The van der Waals surface area contributed by atoms with Gasteiger partial charge in [0, 0.05) is 0 Å². The summed E-state index contributed by atoms with van der Waals surface area (Å²) >= 11 is 0. The van der Waals surface area contributed by atoms with Crippen LogP contribution >= 0.6 is 0 Å². The number of fused-ring (bicyclic) bond motifs is 2. The molecule has 0 spiro atoms. The predicted octanol–water partition coefficient (Wildman–Crippen LogP) is 2.48. The quantitative estimate of drug-likeness (QED) is 0.700. The lowest BCUT2D eigenvalue weighted by molar-refractivity contribution is 0.145. The first-order valence-electron chi connectivity index (χ1n) is 6.64. The number of hydrogen-bond donors (Lipinski definition) is 0. The van der Waals surface area contributed by atoms with Gasteiger partial charge in [0.2, 0.25) is 0 Å². The van der Waals surface area contributed by atoms with Crippen LogP contribution in [-0.2, 0) is 22.2 Å². The van der Waals surface area contributed by atoms with E-state index in [0.717, 1.165) is 19.3 Å². The molecule has 1 aliphatic heterocycles.